The maximum absolute atomic E-state index is 12.8. The van der Waals surface area contributed by atoms with Crippen LogP contribution >= 0.6 is 22.9 Å². The number of nitrogens with zero attached hydrogens (tertiary/aromatic N) is 2. The molecule has 1 atom stereocenters. The molecule has 0 radical (unpaired) electrons. The molecular weight excluding hydrogens is 376 g/mol. The van der Waals surface area contributed by atoms with Gasteiger partial charge in [-0.1, -0.05) is 29.8 Å². The lowest BCUT2D eigenvalue weighted by molar-refractivity contribution is 0.0531. The second-order valence-electron chi connectivity index (χ2n) is 5.70. The molecule has 0 bridgehead atoms. The number of carbonyl (C=O) groups is 1. The highest BCUT2D eigenvalue weighted by Gasteiger charge is 2.21. The number of aryl methyl sites for hydroxylation is 1. The van der Waals surface area contributed by atoms with Gasteiger partial charge in [0.25, 0.3) is 5.56 Å². The van der Waals surface area contributed by atoms with Crippen LogP contribution in [0, 0.1) is 6.92 Å². The van der Waals surface area contributed by atoms with Crippen molar-refractivity contribution in [1.82, 2.24) is 9.55 Å². The molecule has 2 heterocycles. The van der Waals surface area contributed by atoms with E-state index >= 15 is 0 Å². The Morgan fingerprint density at radius 1 is 1.42 bits per heavy atom. The molecule has 0 spiro atoms. The molecule has 0 aliphatic carbocycles. The lowest BCUT2D eigenvalue weighted by Gasteiger charge is -2.14. The van der Waals surface area contributed by atoms with Crippen molar-refractivity contribution in [3.63, 3.8) is 0 Å². The summed E-state index contributed by atoms with van der Waals surface area (Å²) in [6.07, 6.45) is 0.416. The summed E-state index contributed by atoms with van der Waals surface area (Å²) >= 11 is 7.23. The summed E-state index contributed by atoms with van der Waals surface area (Å²) in [5, 5.41) is 11.2. The van der Waals surface area contributed by atoms with Crippen LogP contribution in [-0.2, 0) is 11.3 Å². The Morgan fingerprint density at radius 2 is 2.15 bits per heavy atom. The number of carbonyl (C=O) groups excluding carboxylic acids is 1. The lowest BCUT2D eigenvalue weighted by Crippen LogP contribution is -2.24. The van der Waals surface area contributed by atoms with E-state index < -0.39 is 12.1 Å². The molecule has 0 fully saturated rings. The van der Waals surface area contributed by atoms with Gasteiger partial charge >= 0.3 is 5.97 Å². The molecule has 3 aromatic rings. The van der Waals surface area contributed by atoms with Gasteiger partial charge in [-0.25, -0.2) is 9.78 Å². The van der Waals surface area contributed by atoms with Gasteiger partial charge in [-0.3, -0.25) is 9.36 Å². The minimum Gasteiger partial charge on any atom is -0.462 e. The molecule has 0 saturated heterocycles. The van der Waals surface area contributed by atoms with E-state index in [2.05, 4.69) is 4.98 Å². The highest BCUT2D eigenvalue weighted by atomic mass is 35.5. The number of ether oxygens (including phenoxy) is 1. The van der Waals surface area contributed by atoms with Gasteiger partial charge in [0.1, 0.15) is 9.71 Å². The molecule has 0 aliphatic heterocycles. The fourth-order valence-electron chi connectivity index (χ4n) is 2.71. The molecular formula is C18H17ClN2O4S. The molecule has 2 aromatic heterocycles. The third kappa shape index (κ3) is 3.38. The molecule has 26 heavy (non-hydrogen) atoms. The number of hydrogen-bond acceptors (Lipinski definition) is 6. The standard InChI is InChI=1S/C18H17ClN2O4S/c1-3-25-18(24)15-10(2)14-16(26-15)20-9-21(17(14)23)8-13(22)11-6-4-5-7-12(11)19/h4-7,9,13,22H,3,8H2,1-2H3. The average Bonchev–Trinajstić information content (AvgIpc) is 2.95. The number of thiophene rings is 1. The summed E-state index contributed by atoms with van der Waals surface area (Å²) < 4.78 is 6.35. The van der Waals surface area contributed by atoms with Crippen LogP contribution in [0.1, 0.15) is 33.8 Å². The van der Waals surface area contributed by atoms with Crippen molar-refractivity contribution in [1.29, 1.82) is 0 Å². The van der Waals surface area contributed by atoms with Crippen molar-refractivity contribution in [2.75, 3.05) is 6.61 Å². The summed E-state index contributed by atoms with van der Waals surface area (Å²) in [4.78, 5) is 30.0. The maximum atomic E-state index is 12.8. The molecule has 1 unspecified atom stereocenters. The van der Waals surface area contributed by atoms with Gasteiger partial charge in [0.05, 0.1) is 31.0 Å². The number of halogens is 1. The molecule has 0 aliphatic rings. The zero-order chi connectivity index (χ0) is 18.8. The molecule has 0 saturated carbocycles. The van der Waals surface area contributed by atoms with E-state index in [1.54, 1.807) is 38.1 Å². The van der Waals surface area contributed by atoms with Gasteiger partial charge in [0.15, 0.2) is 0 Å². The van der Waals surface area contributed by atoms with Crippen molar-refractivity contribution in [3.05, 3.63) is 62.0 Å². The van der Waals surface area contributed by atoms with Gasteiger partial charge < -0.3 is 9.84 Å². The maximum Gasteiger partial charge on any atom is 0.348 e. The normalized spacial score (nSPS) is 12.3. The van der Waals surface area contributed by atoms with Gasteiger partial charge in [-0.15, -0.1) is 11.3 Å². The highest BCUT2D eigenvalue weighted by Crippen LogP contribution is 2.28. The Kier molecular flexibility index (Phi) is 5.41. The summed E-state index contributed by atoms with van der Waals surface area (Å²) in [6, 6.07) is 6.92. The van der Waals surface area contributed by atoms with Gasteiger partial charge in [-0.05, 0) is 25.5 Å². The predicted molar refractivity (Wildman–Crippen MR) is 101 cm³/mol. The summed E-state index contributed by atoms with van der Waals surface area (Å²) in [5.74, 6) is -0.463. The van der Waals surface area contributed by atoms with Crippen LogP contribution in [0.3, 0.4) is 0 Å². The summed E-state index contributed by atoms with van der Waals surface area (Å²) in [7, 11) is 0. The van der Waals surface area contributed by atoms with E-state index in [-0.39, 0.29) is 18.7 Å². The van der Waals surface area contributed by atoms with Crippen LogP contribution in [0.25, 0.3) is 10.2 Å². The van der Waals surface area contributed by atoms with Crippen molar-refractivity contribution in [2.24, 2.45) is 0 Å². The van der Waals surface area contributed by atoms with Crippen molar-refractivity contribution >= 4 is 39.1 Å². The van der Waals surface area contributed by atoms with E-state index in [0.717, 1.165) is 11.3 Å². The first-order valence-corrected chi connectivity index (χ1v) is 9.21. The fourth-order valence-corrected chi connectivity index (χ4v) is 4.01. The Balaban J connectivity index is 1.99. The van der Waals surface area contributed by atoms with Crippen molar-refractivity contribution in [2.45, 2.75) is 26.5 Å². The van der Waals surface area contributed by atoms with E-state index in [0.29, 0.717) is 31.2 Å². The molecule has 0 amide bonds. The second-order valence-corrected chi connectivity index (χ2v) is 7.10. The number of rotatable bonds is 5. The lowest BCUT2D eigenvalue weighted by atomic mass is 10.1. The van der Waals surface area contributed by atoms with Crippen LogP contribution in [0.15, 0.2) is 35.4 Å². The Hall–Kier alpha value is -2.22. The molecule has 1 aromatic carbocycles. The van der Waals surface area contributed by atoms with E-state index in [1.807, 2.05) is 0 Å². The largest absolute Gasteiger partial charge is 0.462 e. The smallest absolute Gasteiger partial charge is 0.348 e. The van der Waals surface area contributed by atoms with Crippen LogP contribution < -0.4 is 5.56 Å². The monoisotopic (exact) mass is 392 g/mol. The number of benzene rings is 1. The molecule has 1 N–H and O–H groups in total. The third-order valence-corrected chi connectivity index (χ3v) is 5.54. The van der Waals surface area contributed by atoms with Crippen LogP contribution in [0.2, 0.25) is 5.02 Å². The zero-order valence-corrected chi connectivity index (χ0v) is 15.8. The number of aromatic nitrogens is 2. The molecule has 136 valence electrons. The summed E-state index contributed by atoms with van der Waals surface area (Å²) in [5.41, 5.74) is 0.767. The number of aliphatic hydroxyl groups excluding tert-OH is 1. The second kappa shape index (κ2) is 7.57. The average molecular weight is 393 g/mol. The van der Waals surface area contributed by atoms with Crippen LogP contribution in [-0.4, -0.2) is 27.2 Å². The summed E-state index contributed by atoms with van der Waals surface area (Å²) in [6.45, 7) is 3.69. The SMILES string of the molecule is CCOC(=O)c1sc2ncn(CC(O)c3ccccc3Cl)c(=O)c2c1C. The van der Waals surface area contributed by atoms with Gasteiger partial charge in [0, 0.05) is 10.6 Å². The highest BCUT2D eigenvalue weighted by molar-refractivity contribution is 7.20. The number of aliphatic hydroxyl groups is 1. The first-order chi connectivity index (χ1) is 12.4. The van der Waals surface area contributed by atoms with E-state index in [9.17, 15) is 14.7 Å². The predicted octanol–water partition coefficient (Wildman–Crippen LogP) is 3.33. The van der Waals surface area contributed by atoms with Gasteiger partial charge in [0.2, 0.25) is 0 Å². The molecule has 6 nitrogen and oxygen atoms in total. The topological polar surface area (TPSA) is 81.4 Å². The Morgan fingerprint density at radius 3 is 2.85 bits per heavy atom. The first kappa shape index (κ1) is 18.6. The quantitative estimate of drug-likeness (QED) is 0.673. The van der Waals surface area contributed by atoms with Gasteiger partial charge in [-0.2, -0.15) is 0 Å². The first-order valence-electron chi connectivity index (χ1n) is 8.02. The molecule has 8 heteroatoms. The molecule has 3 rings (SSSR count). The minimum absolute atomic E-state index is 0.00946. The van der Waals surface area contributed by atoms with Crippen molar-refractivity contribution in [3.8, 4) is 0 Å². The third-order valence-electron chi connectivity index (χ3n) is 4.01. The van der Waals surface area contributed by atoms with Crippen molar-refractivity contribution < 1.29 is 14.6 Å². The fraction of sp³-hybridized carbons (Fsp3) is 0.278. The number of hydrogen-bond donors (Lipinski definition) is 1. The number of fused-ring (bicyclic) bond motifs is 1. The van der Waals surface area contributed by atoms with E-state index in [4.69, 9.17) is 16.3 Å². The minimum atomic E-state index is -0.955. The van der Waals surface area contributed by atoms with Crippen LogP contribution in [0.5, 0.6) is 0 Å². The Bertz CT molecular complexity index is 1030. The Labute approximate surface area is 158 Å². The number of esters is 1. The van der Waals surface area contributed by atoms with Crippen LogP contribution in [0.4, 0.5) is 0 Å². The van der Waals surface area contributed by atoms with E-state index in [1.165, 1.54) is 10.9 Å². The zero-order valence-electron chi connectivity index (χ0n) is 14.2.